The molecule has 1 aromatic heterocycles. The molecule has 0 radical (unpaired) electrons. The van der Waals surface area contributed by atoms with Gasteiger partial charge in [-0.3, -0.25) is 0 Å². The molecule has 1 N–H and O–H groups in total. The van der Waals surface area contributed by atoms with Crippen LogP contribution in [0.3, 0.4) is 0 Å². The zero-order chi connectivity index (χ0) is 13.8. The van der Waals surface area contributed by atoms with Gasteiger partial charge in [0.2, 0.25) is 0 Å². The smallest absolute Gasteiger partial charge is 0.150 e. The molecule has 0 aromatic carbocycles. The summed E-state index contributed by atoms with van der Waals surface area (Å²) >= 11 is 13.3. The highest BCUT2D eigenvalue weighted by Gasteiger charge is 2.17. The Bertz CT molecular complexity index is 485. The lowest BCUT2D eigenvalue weighted by Gasteiger charge is -2.15. The van der Waals surface area contributed by atoms with Crippen molar-refractivity contribution >= 4 is 44.4 Å². The van der Waals surface area contributed by atoms with Gasteiger partial charge in [-0.2, -0.15) is 0 Å². The number of sulfone groups is 1. The van der Waals surface area contributed by atoms with Crippen molar-refractivity contribution in [1.82, 2.24) is 5.32 Å². The van der Waals surface area contributed by atoms with E-state index >= 15 is 0 Å². The lowest BCUT2D eigenvalue weighted by Crippen LogP contribution is -2.18. The third kappa shape index (κ3) is 4.70. The van der Waals surface area contributed by atoms with Crippen LogP contribution in [0.5, 0.6) is 0 Å². The van der Waals surface area contributed by atoms with Crippen LogP contribution in [0.15, 0.2) is 6.07 Å². The van der Waals surface area contributed by atoms with Crippen molar-refractivity contribution in [3.63, 3.8) is 0 Å². The second-order valence-corrected chi connectivity index (χ2v) is 8.76. The molecule has 0 spiro atoms. The molecule has 1 atom stereocenters. The molecule has 1 rings (SSSR count). The maximum Gasteiger partial charge on any atom is 0.150 e. The summed E-state index contributed by atoms with van der Waals surface area (Å²) in [6.45, 7) is 1.67. The van der Waals surface area contributed by atoms with Gasteiger partial charge < -0.3 is 5.32 Å². The predicted molar refractivity (Wildman–Crippen MR) is 79.7 cm³/mol. The maximum absolute atomic E-state index is 11.4. The second kappa shape index (κ2) is 7.10. The van der Waals surface area contributed by atoms with Crippen molar-refractivity contribution in [3.8, 4) is 0 Å². The molecule has 18 heavy (non-hydrogen) atoms. The molecule has 3 nitrogen and oxygen atoms in total. The van der Waals surface area contributed by atoms with Gasteiger partial charge in [0.15, 0.2) is 0 Å². The molecule has 0 saturated carbocycles. The van der Waals surface area contributed by atoms with E-state index in [4.69, 9.17) is 23.2 Å². The van der Waals surface area contributed by atoms with Crippen LogP contribution in [0.1, 0.15) is 31.4 Å². The van der Waals surface area contributed by atoms with Crippen LogP contribution in [0, 0.1) is 0 Å². The SMILES string of the molecule is CCS(=O)(=O)CCCC(NC)c1cc(Cl)sc1Cl. The summed E-state index contributed by atoms with van der Waals surface area (Å²) in [5.41, 5.74) is 0.947. The summed E-state index contributed by atoms with van der Waals surface area (Å²) < 4.78 is 24.1. The van der Waals surface area contributed by atoms with Gasteiger partial charge in [-0.1, -0.05) is 30.1 Å². The molecular weight excluding hydrogens is 313 g/mol. The van der Waals surface area contributed by atoms with Gasteiger partial charge >= 0.3 is 0 Å². The molecule has 104 valence electrons. The van der Waals surface area contributed by atoms with Crippen molar-refractivity contribution in [2.24, 2.45) is 0 Å². The Kier molecular flexibility index (Phi) is 6.41. The van der Waals surface area contributed by atoms with E-state index in [9.17, 15) is 8.42 Å². The van der Waals surface area contributed by atoms with Crippen LogP contribution < -0.4 is 5.32 Å². The highest BCUT2D eigenvalue weighted by atomic mass is 35.5. The fraction of sp³-hybridized carbons (Fsp3) is 0.636. The number of hydrogen-bond donors (Lipinski definition) is 1. The van der Waals surface area contributed by atoms with Gasteiger partial charge in [-0.05, 0) is 26.0 Å². The minimum Gasteiger partial charge on any atom is -0.313 e. The van der Waals surface area contributed by atoms with E-state index in [-0.39, 0.29) is 17.5 Å². The molecule has 0 aliphatic rings. The summed E-state index contributed by atoms with van der Waals surface area (Å²) in [6, 6.07) is 1.89. The minimum atomic E-state index is -2.89. The minimum absolute atomic E-state index is 0.0494. The molecule has 0 fully saturated rings. The second-order valence-electron chi connectivity index (χ2n) is 4.00. The van der Waals surface area contributed by atoms with Crippen LogP contribution in [0.4, 0.5) is 0 Å². The van der Waals surface area contributed by atoms with Crippen LogP contribution in [0.25, 0.3) is 0 Å². The van der Waals surface area contributed by atoms with E-state index in [1.165, 1.54) is 11.3 Å². The Hall–Kier alpha value is 0.190. The quantitative estimate of drug-likeness (QED) is 0.832. The van der Waals surface area contributed by atoms with Gasteiger partial charge in [-0.15, -0.1) is 11.3 Å². The number of hydrogen-bond acceptors (Lipinski definition) is 4. The molecule has 7 heteroatoms. The van der Waals surface area contributed by atoms with E-state index in [0.29, 0.717) is 15.1 Å². The predicted octanol–water partition coefficient (Wildman–Crippen LogP) is 3.53. The Balaban J connectivity index is 2.61. The largest absolute Gasteiger partial charge is 0.313 e. The first-order valence-electron chi connectivity index (χ1n) is 5.72. The van der Waals surface area contributed by atoms with Crippen molar-refractivity contribution in [1.29, 1.82) is 0 Å². The third-order valence-electron chi connectivity index (χ3n) is 2.79. The summed E-state index contributed by atoms with van der Waals surface area (Å²) in [4.78, 5) is 0. The zero-order valence-corrected chi connectivity index (χ0v) is 13.5. The summed E-state index contributed by atoms with van der Waals surface area (Å²) in [5, 5.41) is 3.15. The van der Waals surface area contributed by atoms with E-state index in [2.05, 4.69) is 5.32 Å². The maximum atomic E-state index is 11.4. The van der Waals surface area contributed by atoms with Gasteiger partial charge in [0.05, 0.1) is 14.4 Å². The Morgan fingerprint density at radius 2 is 2.11 bits per heavy atom. The van der Waals surface area contributed by atoms with Crippen LogP contribution in [-0.4, -0.2) is 27.0 Å². The fourth-order valence-electron chi connectivity index (χ4n) is 1.70. The van der Waals surface area contributed by atoms with Gasteiger partial charge in [0, 0.05) is 17.4 Å². The first-order chi connectivity index (χ1) is 8.39. The standard InChI is InChI=1S/C11H17Cl2NO2S2/c1-3-18(15,16)6-4-5-9(14-2)8-7-10(12)17-11(8)13/h7,9,14H,3-6H2,1-2H3. The third-order valence-corrected chi connectivity index (χ3v) is 6.10. The molecular formula is C11H17Cl2NO2S2. The first-order valence-corrected chi connectivity index (χ1v) is 9.11. The molecule has 0 saturated heterocycles. The number of nitrogens with one attached hydrogen (secondary N) is 1. The lowest BCUT2D eigenvalue weighted by molar-refractivity contribution is 0.537. The van der Waals surface area contributed by atoms with Crippen molar-refractivity contribution in [2.45, 2.75) is 25.8 Å². The normalized spacial score (nSPS) is 13.8. The van der Waals surface area contributed by atoms with E-state index in [0.717, 1.165) is 12.0 Å². The number of thiophene rings is 1. The highest BCUT2D eigenvalue weighted by molar-refractivity contribution is 7.91. The van der Waals surface area contributed by atoms with Crippen LogP contribution in [-0.2, 0) is 9.84 Å². The Morgan fingerprint density at radius 3 is 2.56 bits per heavy atom. The van der Waals surface area contributed by atoms with Gasteiger partial charge in [0.1, 0.15) is 9.84 Å². The molecule has 0 bridgehead atoms. The highest BCUT2D eigenvalue weighted by Crippen LogP contribution is 2.36. The molecule has 1 heterocycles. The molecule has 1 aromatic rings. The molecule has 1 unspecified atom stereocenters. The average Bonchev–Trinajstić information content (AvgIpc) is 2.64. The molecule has 0 amide bonds. The summed E-state index contributed by atoms with van der Waals surface area (Å²) in [7, 11) is -1.06. The summed E-state index contributed by atoms with van der Waals surface area (Å²) in [5.74, 6) is 0.416. The van der Waals surface area contributed by atoms with Gasteiger partial charge in [0.25, 0.3) is 0 Å². The Morgan fingerprint density at radius 1 is 1.44 bits per heavy atom. The van der Waals surface area contributed by atoms with Crippen LogP contribution >= 0.6 is 34.5 Å². The Labute approximate surface area is 122 Å². The van der Waals surface area contributed by atoms with E-state index in [1.807, 2.05) is 13.1 Å². The van der Waals surface area contributed by atoms with E-state index in [1.54, 1.807) is 6.92 Å². The van der Waals surface area contributed by atoms with Crippen molar-refractivity contribution in [2.75, 3.05) is 18.6 Å². The van der Waals surface area contributed by atoms with Crippen LogP contribution in [0.2, 0.25) is 8.67 Å². The lowest BCUT2D eigenvalue weighted by atomic mass is 10.1. The topological polar surface area (TPSA) is 46.2 Å². The zero-order valence-electron chi connectivity index (χ0n) is 10.4. The molecule has 0 aliphatic carbocycles. The average molecular weight is 330 g/mol. The van der Waals surface area contributed by atoms with Crippen molar-refractivity contribution < 1.29 is 8.42 Å². The van der Waals surface area contributed by atoms with E-state index < -0.39 is 9.84 Å². The summed E-state index contributed by atoms with van der Waals surface area (Å²) in [6.07, 6.45) is 1.34. The monoisotopic (exact) mass is 329 g/mol. The van der Waals surface area contributed by atoms with Gasteiger partial charge in [-0.25, -0.2) is 8.42 Å². The van der Waals surface area contributed by atoms with Crippen molar-refractivity contribution in [3.05, 3.63) is 20.3 Å². The number of rotatable bonds is 7. The fourth-order valence-corrected chi connectivity index (χ4v) is 4.17. The number of halogens is 2. The first kappa shape index (κ1) is 16.2. The molecule has 0 aliphatic heterocycles.